The summed E-state index contributed by atoms with van der Waals surface area (Å²) in [4.78, 5) is 33.3. The molecule has 136 valence electrons. The van der Waals surface area contributed by atoms with Crippen molar-refractivity contribution in [2.45, 2.75) is 11.8 Å². The van der Waals surface area contributed by atoms with Gasteiger partial charge in [-0.3, -0.25) is 14.6 Å². The number of ketones is 1. The van der Waals surface area contributed by atoms with Crippen LogP contribution in [0.2, 0.25) is 0 Å². The van der Waals surface area contributed by atoms with E-state index >= 15 is 0 Å². The van der Waals surface area contributed by atoms with Crippen molar-refractivity contribution in [3.8, 4) is 0 Å². The maximum absolute atomic E-state index is 12.8. The molecule has 26 heavy (non-hydrogen) atoms. The standard InChI is InChI=1S/C17H18N4O4S/c1-13(22)14-3-2-4-15(11-14)26(24,25)21-9-7-20(8-10-21)17(23)16-12-18-5-6-19-16/h2-6,11-12H,7-10H2,1H3. The highest BCUT2D eigenvalue weighted by molar-refractivity contribution is 7.89. The zero-order valence-corrected chi connectivity index (χ0v) is 15.0. The van der Waals surface area contributed by atoms with Gasteiger partial charge in [0, 0.05) is 44.1 Å². The third-order valence-electron chi connectivity index (χ3n) is 4.19. The first kappa shape index (κ1) is 18.2. The fraction of sp³-hybridized carbons (Fsp3) is 0.294. The number of rotatable bonds is 4. The average Bonchev–Trinajstić information content (AvgIpc) is 2.68. The molecule has 1 aromatic carbocycles. The van der Waals surface area contributed by atoms with E-state index in [1.807, 2.05) is 0 Å². The Morgan fingerprint density at radius 1 is 1.08 bits per heavy atom. The number of hydrogen-bond acceptors (Lipinski definition) is 6. The third kappa shape index (κ3) is 3.63. The van der Waals surface area contributed by atoms with Gasteiger partial charge in [0.2, 0.25) is 10.0 Å². The Bertz CT molecular complexity index is 923. The van der Waals surface area contributed by atoms with Crippen LogP contribution < -0.4 is 0 Å². The number of piperazine rings is 1. The van der Waals surface area contributed by atoms with Crippen LogP contribution in [0.3, 0.4) is 0 Å². The maximum atomic E-state index is 12.8. The van der Waals surface area contributed by atoms with E-state index in [-0.39, 0.29) is 48.5 Å². The molecule has 1 amide bonds. The molecule has 2 aromatic rings. The van der Waals surface area contributed by atoms with Crippen LogP contribution in [0.5, 0.6) is 0 Å². The summed E-state index contributed by atoms with van der Waals surface area (Å²) in [5.74, 6) is -0.463. The van der Waals surface area contributed by atoms with Gasteiger partial charge in [-0.1, -0.05) is 12.1 Å². The first-order chi connectivity index (χ1) is 12.4. The van der Waals surface area contributed by atoms with Crippen LogP contribution in [-0.2, 0) is 10.0 Å². The zero-order chi connectivity index (χ0) is 18.7. The quantitative estimate of drug-likeness (QED) is 0.735. The van der Waals surface area contributed by atoms with Crippen molar-refractivity contribution in [3.05, 3.63) is 54.1 Å². The molecule has 0 aliphatic carbocycles. The lowest BCUT2D eigenvalue weighted by molar-refractivity contribution is 0.0691. The Balaban J connectivity index is 1.72. The molecular formula is C17H18N4O4S. The second-order valence-corrected chi connectivity index (χ2v) is 7.81. The average molecular weight is 374 g/mol. The maximum Gasteiger partial charge on any atom is 0.274 e. The van der Waals surface area contributed by atoms with Gasteiger partial charge in [0.1, 0.15) is 5.69 Å². The van der Waals surface area contributed by atoms with E-state index in [9.17, 15) is 18.0 Å². The van der Waals surface area contributed by atoms with E-state index < -0.39 is 10.0 Å². The topological polar surface area (TPSA) is 101 Å². The molecule has 0 radical (unpaired) electrons. The minimum atomic E-state index is -3.72. The Kier molecular flexibility index (Phi) is 5.10. The number of benzene rings is 1. The van der Waals surface area contributed by atoms with Gasteiger partial charge in [-0.15, -0.1) is 0 Å². The van der Waals surface area contributed by atoms with E-state index in [1.165, 1.54) is 42.0 Å². The number of nitrogens with zero attached hydrogens (tertiary/aromatic N) is 4. The molecule has 2 heterocycles. The highest BCUT2D eigenvalue weighted by Gasteiger charge is 2.31. The third-order valence-corrected chi connectivity index (χ3v) is 6.08. The summed E-state index contributed by atoms with van der Waals surface area (Å²) in [6.07, 6.45) is 4.31. The molecule has 0 unspecified atom stereocenters. The number of amides is 1. The van der Waals surface area contributed by atoms with E-state index in [4.69, 9.17) is 0 Å². The van der Waals surface area contributed by atoms with Crippen LogP contribution in [-0.4, -0.2) is 65.5 Å². The molecular weight excluding hydrogens is 356 g/mol. The molecule has 0 spiro atoms. The summed E-state index contributed by atoms with van der Waals surface area (Å²) in [6.45, 7) is 2.28. The minimum absolute atomic E-state index is 0.0823. The fourth-order valence-corrected chi connectivity index (χ4v) is 4.20. The smallest absolute Gasteiger partial charge is 0.274 e. The van der Waals surface area contributed by atoms with Crippen molar-refractivity contribution in [2.24, 2.45) is 0 Å². The van der Waals surface area contributed by atoms with Crippen LogP contribution >= 0.6 is 0 Å². The van der Waals surface area contributed by atoms with Gasteiger partial charge in [0.05, 0.1) is 11.1 Å². The number of Topliss-reactive ketones (excluding diaryl/α,β-unsaturated/α-hetero) is 1. The Morgan fingerprint density at radius 2 is 1.81 bits per heavy atom. The lowest BCUT2D eigenvalue weighted by atomic mass is 10.2. The molecule has 1 aliphatic heterocycles. The molecule has 8 nitrogen and oxygen atoms in total. The van der Waals surface area contributed by atoms with Gasteiger partial charge in [-0.05, 0) is 19.1 Å². The highest BCUT2D eigenvalue weighted by atomic mass is 32.2. The van der Waals surface area contributed by atoms with Crippen molar-refractivity contribution in [1.82, 2.24) is 19.2 Å². The Morgan fingerprint density at radius 3 is 2.42 bits per heavy atom. The Hall–Kier alpha value is -2.65. The van der Waals surface area contributed by atoms with Gasteiger partial charge in [-0.2, -0.15) is 4.31 Å². The molecule has 9 heteroatoms. The monoisotopic (exact) mass is 374 g/mol. The predicted octanol–water partition coefficient (Wildman–Crippen LogP) is 0.826. The number of carbonyl (C=O) groups is 2. The van der Waals surface area contributed by atoms with E-state index in [0.29, 0.717) is 5.56 Å². The molecule has 1 saturated heterocycles. The van der Waals surface area contributed by atoms with Crippen molar-refractivity contribution >= 4 is 21.7 Å². The van der Waals surface area contributed by atoms with Crippen LogP contribution in [0.4, 0.5) is 0 Å². The minimum Gasteiger partial charge on any atom is -0.335 e. The summed E-state index contributed by atoms with van der Waals surface area (Å²) in [6, 6.07) is 5.99. The molecule has 0 saturated carbocycles. The van der Waals surface area contributed by atoms with Crippen LogP contribution in [0.1, 0.15) is 27.8 Å². The molecule has 3 rings (SSSR count). The first-order valence-electron chi connectivity index (χ1n) is 8.06. The summed E-state index contributed by atoms with van der Waals surface area (Å²) < 4.78 is 26.9. The molecule has 1 aromatic heterocycles. The van der Waals surface area contributed by atoms with Gasteiger partial charge in [0.25, 0.3) is 5.91 Å². The van der Waals surface area contributed by atoms with Crippen LogP contribution in [0, 0.1) is 0 Å². The predicted molar refractivity (Wildman–Crippen MR) is 93.1 cm³/mol. The lowest BCUT2D eigenvalue weighted by Crippen LogP contribution is -2.50. The van der Waals surface area contributed by atoms with Gasteiger partial charge in [0.15, 0.2) is 5.78 Å². The number of carbonyl (C=O) groups excluding carboxylic acids is 2. The van der Waals surface area contributed by atoms with Crippen molar-refractivity contribution in [3.63, 3.8) is 0 Å². The number of hydrogen-bond donors (Lipinski definition) is 0. The van der Waals surface area contributed by atoms with Crippen LogP contribution in [0.25, 0.3) is 0 Å². The normalized spacial score (nSPS) is 15.7. The molecule has 0 N–H and O–H groups in total. The number of aromatic nitrogens is 2. The molecule has 1 aliphatic rings. The van der Waals surface area contributed by atoms with Gasteiger partial charge in [-0.25, -0.2) is 13.4 Å². The second-order valence-electron chi connectivity index (χ2n) is 5.87. The molecule has 0 atom stereocenters. The molecule has 0 bridgehead atoms. The van der Waals surface area contributed by atoms with Crippen molar-refractivity contribution in [1.29, 1.82) is 0 Å². The fourth-order valence-electron chi connectivity index (χ4n) is 2.73. The summed E-state index contributed by atoms with van der Waals surface area (Å²) in [5, 5.41) is 0. The first-order valence-corrected chi connectivity index (χ1v) is 9.50. The van der Waals surface area contributed by atoms with Crippen molar-refractivity contribution in [2.75, 3.05) is 26.2 Å². The van der Waals surface area contributed by atoms with E-state index in [1.54, 1.807) is 17.0 Å². The lowest BCUT2D eigenvalue weighted by Gasteiger charge is -2.33. The second kappa shape index (κ2) is 7.30. The van der Waals surface area contributed by atoms with Crippen molar-refractivity contribution < 1.29 is 18.0 Å². The zero-order valence-electron chi connectivity index (χ0n) is 14.2. The summed E-state index contributed by atoms with van der Waals surface area (Å²) >= 11 is 0. The van der Waals surface area contributed by atoms with Crippen LogP contribution in [0.15, 0.2) is 47.8 Å². The van der Waals surface area contributed by atoms with Gasteiger partial charge < -0.3 is 4.90 Å². The highest BCUT2D eigenvalue weighted by Crippen LogP contribution is 2.19. The van der Waals surface area contributed by atoms with E-state index in [0.717, 1.165) is 0 Å². The van der Waals surface area contributed by atoms with Gasteiger partial charge >= 0.3 is 0 Å². The SMILES string of the molecule is CC(=O)c1cccc(S(=O)(=O)N2CCN(C(=O)c3cnccn3)CC2)c1. The Labute approximate surface area is 151 Å². The van der Waals surface area contributed by atoms with E-state index in [2.05, 4.69) is 9.97 Å². The summed E-state index contributed by atoms with van der Waals surface area (Å²) in [5.41, 5.74) is 0.584. The largest absolute Gasteiger partial charge is 0.335 e. The summed E-state index contributed by atoms with van der Waals surface area (Å²) in [7, 11) is -3.72. The molecule has 1 fully saturated rings. The number of sulfonamides is 1.